The minimum absolute atomic E-state index is 0.128. The van der Waals surface area contributed by atoms with Crippen LogP contribution >= 0.6 is 7.60 Å². The first-order valence-electron chi connectivity index (χ1n) is 10.3. The molecular formula is C19H40NO5PSi. The average Bonchev–Trinajstić information content (AvgIpc) is 2.54. The summed E-state index contributed by atoms with van der Waals surface area (Å²) in [6, 6.07) is 0.146. The van der Waals surface area contributed by atoms with E-state index in [1.54, 1.807) is 13.8 Å². The van der Waals surface area contributed by atoms with Crippen molar-refractivity contribution in [2.75, 3.05) is 32.5 Å². The van der Waals surface area contributed by atoms with E-state index in [1.807, 2.05) is 4.90 Å². The van der Waals surface area contributed by atoms with E-state index < -0.39 is 15.9 Å². The van der Waals surface area contributed by atoms with Crippen LogP contribution in [-0.2, 0) is 22.8 Å². The molecule has 6 nitrogen and oxygen atoms in total. The first kappa shape index (κ1) is 24.8. The highest BCUT2D eigenvalue weighted by Gasteiger charge is 2.38. The van der Waals surface area contributed by atoms with E-state index in [0.29, 0.717) is 13.2 Å². The predicted octanol–water partition coefficient (Wildman–Crippen LogP) is 5.05. The monoisotopic (exact) mass is 421 g/mol. The minimum Gasteiger partial charge on any atom is -0.417 e. The zero-order valence-electron chi connectivity index (χ0n) is 18.4. The van der Waals surface area contributed by atoms with E-state index in [2.05, 4.69) is 33.9 Å². The van der Waals surface area contributed by atoms with Gasteiger partial charge in [0.25, 0.3) is 0 Å². The van der Waals surface area contributed by atoms with Crippen molar-refractivity contribution in [2.24, 2.45) is 0 Å². The van der Waals surface area contributed by atoms with Crippen LogP contribution < -0.4 is 0 Å². The molecular weight excluding hydrogens is 381 g/mol. The van der Waals surface area contributed by atoms with Gasteiger partial charge in [0.15, 0.2) is 8.32 Å². The number of rotatable bonds is 10. The maximum absolute atomic E-state index is 12.9. The highest BCUT2D eigenvalue weighted by atomic mass is 31.2. The molecule has 0 N–H and O–H groups in total. The number of amides is 1. The number of piperidine rings is 1. The Morgan fingerprint density at radius 3 is 2.26 bits per heavy atom. The lowest BCUT2D eigenvalue weighted by Gasteiger charge is -2.39. The summed E-state index contributed by atoms with van der Waals surface area (Å²) in [7, 11) is -5.15. The number of carbonyl (C=O) groups is 1. The summed E-state index contributed by atoms with van der Waals surface area (Å²) in [5, 5.41) is 0.177. The Hall–Kier alpha value is -0.203. The Morgan fingerprint density at radius 1 is 1.15 bits per heavy atom. The lowest BCUT2D eigenvalue weighted by Crippen LogP contribution is -2.47. The van der Waals surface area contributed by atoms with Crippen LogP contribution in [0.2, 0.25) is 18.1 Å². The zero-order valence-corrected chi connectivity index (χ0v) is 20.3. The van der Waals surface area contributed by atoms with Gasteiger partial charge in [-0.1, -0.05) is 20.8 Å². The van der Waals surface area contributed by atoms with Gasteiger partial charge in [0.05, 0.1) is 13.2 Å². The first-order valence-corrected chi connectivity index (χ1v) is 14.9. The lowest BCUT2D eigenvalue weighted by molar-refractivity contribution is -0.132. The normalized spacial score (nSPS) is 19.4. The average molecular weight is 422 g/mol. The third kappa shape index (κ3) is 7.62. The van der Waals surface area contributed by atoms with Crippen LogP contribution in [-0.4, -0.2) is 57.7 Å². The summed E-state index contributed by atoms with van der Waals surface area (Å²) in [6.45, 7) is 16.6. The number of nitrogens with zero attached hydrogens (tertiary/aromatic N) is 1. The van der Waals surface area contributed by atoms with Crippen molar-refractivity contribution < 1.29 is 22.8 Å². The molecule has 0 bridgehead atoms. The van der Waals surface area contributed by atoms with Crippen molar-refractivity contribution >= 4 is 21.8 Å². The van der Waals surface area contributed by atoms with Crippen LogP contribution in [0, 0.1) is 0 Å². The molecule has 8 heteroatoms. The van der Waals surface area contributed by atoms with E-state index in [4.69, 9.17) is 13.5 Å². The van der Waals surface area contributed by atoms with Crippen LogP contribution in [0.1, 0.15) is 60.3 Å². The molecule has 1 unspecified atom stereocenters. The van der Waals surface area contributed by atoms with Gasteiger partial charge in [-0.2, -0.15) is 0 Å². The van der Waals surface area contributed by atoms with Crippen molar-refractivity contribution in [3.63, 3.8) is 0 Å². The lowest BCUT2D eigenvalue weighted by atomic mass is 10.00. The largest absolute Gasteiger partial charge is 0.417 e. The minimum atomic E-state index is -3.36. The number of carbonyl (C=O) groups excluding carboxylic acids is 1. The van der Waals surface area contributed by atoms with E-state index in [0.717, 1.165) is 25.7 Å². The van der Waals surface area contributed by atoms with Crippen LogP contribution in [0.15, 0.2) is 0 Å². The first-order chi connectivity index (χ1) is 12.5. The van der Waals surface area contributed by atoms with Gasteiger partial charge < -0.3 is 18.4 Å². The third-order valence-corrected chi connectivity index (χ3v) is 12.1. The van der Waals surface area contributed by atoms with Gasteiger partial charge in [0.2, 0.25) is 5.91 Å². The third-order valence-electron chi connectivity index (χ3n) is 5.65. The molecule has 0 aromatic heterocycles. The number of hydrogen-bond acceptors (Lipinski definition) is 5. The molecule has 1 rings (SSSR count). The fourth-order valence-corrected chi connectivity index (χ4v) is 5.69. The van der Waals surface area contributed by atoms with E-state index >= 15 is 0 Å². The number of likely N-dealkylation sites (tertiary alicyclic amines) is 1. The molecule has 0 radical (unpaired) electrons. The van der Waals surface area contributed by atoms with E-state index in [1.165, 1.54) is 0 Å². The molecule has 0 aromatic rings. The topological polar surface area (TPSA) is 65.1 Å². The van der Waals surface area contributed by atoms with Crippen LogP contribution in [0.5, 0.6) is 0 Å². The smallest absolute Gasteiger partial charge is 0.340 e. The summed E-state index contributed by atoms with van der Waals surface area (Å²) in [6.07, 6.45) is 3.72. The van der Waals surface area contributed by atoms with Crippen molar-refractivity contribution in [2.45, 2.75) is 84.5 Å². The van der Waals surface area contributed by atoms with Gasteiger partial charge in [-0.15, -0.1) is 0 Å². The summed E-state index contributed by atoms with van der Waals surface area (Å²) in [5.41, 5.74) is 0. The van der Waals surface area contributed by atoms with Gasteiger partial charge >= 0.3 is 7.60 Å². The Balaban J connectivity index is 2.69. The maximum Gasteiger partial charge on any atom is 0.340 e. The highest BCUT2D eigenvalue weighted by molar-refractivity contribution is 7.54. The van der Waals surface area contributed by atoms with Gasteiger partial charge in [-0.3, -0.25) is 9.36 Å². The van der Waals surface area contributed by atoms with Crippen LogP contribution in [0.3, 0.4) is 0 Å². The summed E-state index contributed by atoms with van der Waals surface area (Å²) in [4.78, 5) is 14.7. The Morgan fingerprint density at radius 2 is 1.74 bits per heavy atom. The molecule has 1 amide bonds. The quantitative estimate of drug-likeness (QED) is 0.365. The zero-order chi connectivity index (χ0) is 20.7. The second-order valence-electron chi connectivity index (χ2n) is 8.74. The Labute approximate surface area is 167 Å². The van der Waals surface area contributed by atoms with Gasteiger partial charge in [-0.05, 0) is 57.7 Å². The molecule has 1 atom stereocenters. The van der Waals surface area contributed by atoms with Crippen molar-refractivity contribution in [3.05, 3.63) is 0 Å². The molecule has 1 heterocycles. The summed E-state index contributed by atoms with van der Waals surface area (Å²) in [5.74, 6) is -0.128. The van der Waals surface area contributed by atoms with Crippen molar-refractivity contribution in [3.8, 4) is 0 Å². The maximum atomic E-state index is 12.9. The van der Waals surface area contributed by atoms with Gasteiger partial charge in [0, 0.05) is 19.2 Å². The fourth-order valence-electron chi connectivity index (χ4n) is 3.07. The highest BCUT2D eigenvalue weighted by Crippen LogP contribution is 2.48. The van der Waals surface area contributed by atoms with Gasteiger partial charge in [-0.25, -0.2) is 0 Å². The molecule has 1 fully saturated rings. The molecule has 160 valence electrons. The van der Waals surface area contributed by atoms with Crippen molar-refractivity contribution in [1.29, 1.82) is 0 Å². The van der Waals surface area contributed by atoms with Gasteiger partial charge in [0.1, 0.15) is 6.16 Å². The van der Waals surface area contributed by atoms with Crippen LogP contribution in [0.25, 0.3) is 0 Å². The molecule has 0 aromatic carbocycles. The molecule has 0 aliphatic carbocycles. The van der Waals surface area contributed by atoms with E-state index in [-0.39, 0.29) is 36.4 Å². The summed E-state index contributed by atoms with van der Waals surface area (Å²) >= 11 is 0. The molecule has 1 aliphatic heterocycles. The molecule has 1 aliphatic rings. The standard InChI is InChI=1S/C19H40NO5PSi/c1-8-23-26(22,24-9-2)16-18(21)20-14-11-10-12-17(20)13-15-25-27(6,7)19(3,4)5/h17H,8-16H2,1-7H3. The second kappa shape index (κ2) is 10.5. The van der Waals surface area contributed by atoms with Crippen molar-refractivity contribution in [1.82, 2.24) is 4.90 Å². The molecule has 27 heavy (non-hydrogen) atoms. The SMILES string of the molecule is CCOP(=O)(CC(=O)N1CCCCC1CCO[Si](C)(C)C(C)(C)C)OCC. The molecule has 1 saturated heterocycles. The fraction of sp³-hybridized carbons (Fsp3) is 0.947. The van der Waals surface area contributed by atoms with E-state index in [9.17, 15) is 9.36 Å². The van der Waals surface area contributed by atoms with Crippen LogP contribution in [0.4, 0.5) is 0 Å². The Bertz CT molecular complexity index is 511. The predicted molar refractivity (Wildman–Crippen MR) is 113 cm³/mol. The molecule has 0 saturated carbocycles. The second-order valence-corrected chi connectivity index (χ2v) is 15.6. The molecule has 0 spiro atoms. The number of hydrogen-bond donors (Lipinski definition) is 0. The summed E-state index contributed by atoms with van der Waals surface area (Å²) < 4.78 is 29.6. The Kier molecular flexibility index (Phi) is 9.69.